The number of nitrogens with one attached hydrogen (secondary N) is 1. The van der Waals surface area contributed by atoms with Crippen molar-refractivity contribution in [2.75, 3.05) is 39.5 Å². The lowest BCUT2D eigenvalue weighted by atomic mass is 9.95. The third-order valence-electron chi connectivity index (χ3n) is 4.20. The third-order valence-corrected chi connectivity index (χ3v) is 4.20. The summed E-state index contributed by atoms with van der Waals surface area (Å²) in [5.74, 6) is 1.01. The van der Waals surface area contributed by atoms with Crippen molar-refractivity contribution in [2.24, 2.45) is 0 Å². The lowest BCUT2D eigenvalue weighted by Crippen LogP contribution is -3.17. The van der Waals surface area contributed by atoms with Crippen LogP contribution < -0.4 is 15.0 Å². The normalized spacial score (nSPS) is 23.9. The van der Waals surface area contributed by atoms with Gasteiger partial charge in [-0.05, 0) is 25.1 Å². The first-order valence-corrected chi connectivity index (χ1v) is 7.38. The Bertz CT molecular complexity index is 430. The summed E-state index contributed by atoms with van der Waals surface area (Å²) in [6.07, 6.45) is 0. The molecule has 1 fully saturated rings. The highest BCUT2D eigenvalue weighted by Gasteiger charge is 2.32. The number of hydrogen-bond acceptors (Lipinski definition) is 2. The number of nitrogens with two attached hydrogens (primary N) is 1. The van der Waals surface area contributed by atoms with Gasteiger partial charge in [0.05, 0.1) is 19.8 Å². The van der Waals surface area contributed by atoms with Crippen LogP contribution in [0.15, 0.2) is 18.2 Å². The summed E-state index contributed by atoms with van der Waals surface area (Å²) in [6.45, 7) is 9.09. The molecule has 1 atom stereocenters. The molecule has 2 aliphatic rings. The number of benzene rings is 1. The zero-order chi connectivity index (χ0) is 13.1. The second kappa shape index (κ2) is 5.90. The molecule has 3 rings (SSSR count). The summed E-state index contributed by atoms with van der Waals surface area (Å²) in [4.78, 5) is 1.66. The summed E-state index contributed by atoms with van der Waals surface area (Å²) in [5, 5.41) is 2.43. The van der Waals surface area contributed by atoms with Crippen molar-refractivity contribution in [2.45, 2.75) is 19.5 Å². The second-order valence-corrected chi connectivity index (χ2v) is 5.35. The van der Waals surface area contributed by atoms with Gasteiger partial charge in [0.1, 0.15) is 31.9 Å². The van der Waals surface area contributed by atoms with Gasteiger partial charge in [-0.25, -0.2) is 0 Å². The summed E-state index contributed by atoms with van der Waals surface area (Å²) >= 11 is 0. The van der Waals surface area contributed by atoms with Gasteiger partial charge in [0, 0.05) is 11.1 Å². The zero-order valence-electron chi connectivity index (χ0n) is 11.7. The fourth-order valence-electron chi connectivity index (χ4n) is 3.24. The standard InChI is InChI=1S/C15H22N2O2/c1-2-19-13-4-3-12-10-16-11-15(14(12)9-13)17-5-7-18-8-6-17/h3-4,9,15-16H,2,5-8,10-11H2,1H3/p+2/t15-/m0/s1. The Morgan fingerprint density at radius 1 is 1.37 bits per heavy atom. The van der Waals surface area contributed by atoms with Crippen molar-refractivity contribution in [3.63, 3.8) is 0 Å². The van der Waals surface area contributed by atoms with Gasteiger partial charge >= 0.3 is 0 Å². The Hall–Kier alpha value is -1.10. The second-order valence-electron chi connectivity index (χ2n) is 5.35. The van der Waals surface area contributed by atoms with Gasteiger partial charge in [-0.15, -0.1) is 0 Å². The van der Waals surface area contributed by atoms with E-state index in [-0.39, 0.29) is 0 Å². The molecule has 0 aromatic heterocycles. The summed E-state index contributed by atoms with van der Waals surface area (Å²) < 4.78 is 11.1. The van der Waals surface area contributed by atoms with E-state index in [0.29, 0.717) is 6.04 Å². The maximum absolute atomic E-state index is 5.66. The predicted molar refractivity (Wildman–Crippen MR) is 72.4 cm³/mol. The molecule has 0 unspecified atom stereocenters. The summed E-state index contributed by atoms with van der Waals surface area (Å²) in [6, 6.07) is 7.20. The van der Waals surface area contributed by atoms with Crippen LogP contribution in [0.5, 0.6) is 5.75 Å². The van der Waals surface area contributed by atoms with Crippen LogP contribution in [-0.4, -0.2) is 39.5 Å². The van der Waals surface area contributed by atoms with E-state index in [1.54, 1.807) is 4.90 Å². The molecule has 1 aromatic carbocycles. The highest BCUT2D eigenvalue weighted by molar-refractivity contribution is 5.37. The number of hydrogen-bond donors (Lipinski definition) is 2. The Morgan fingerprint density at radius 2 is 2.21 bits per heavy atom. The molecule has 1 saturated heterocycles. The van der Waals surface area contributed by atoms with Gasteiger partial charge in [-0.1, -0.05) is 0 Å². The lowest BCUT2D eigenvalue weighted by molar-refractivity contribution is -0.954. The van der Waals surface area contributed by atoms with Crippen molar-refractivity contribution in [3.8, 4) is 5.75 Å². The van der Waals surface area contributed by atoms with Crippen molar-refractivity contribution in [3.05, 3.63) is 29.3 Å². The van der Waals surface area contributed by atoms with E-state index in [1.165, 1.54) is 17.7 Å². The molecule has 2 heterocycles. The van der Waals surface area contributed by atoms with Crippen LogP contribution in [-0.2, 0) is 11.3 Å². The number of morpholine rings is 1. The first-order valence-electron chi connectivity index (χ1n) is 7.38. The Morgan fingerprint density at radius 3 is 3.00 bits per heavy atom. The molecule has 2 aliphatic heterocycles. The van der Waals surface area contributed by atoms with Gasteiger partial charge in [0.15, 0.2) is 6.04 Å². The van der Waals surface area contributed by atoms with Crippen LogP contribution in [0.2, 0.25) is 0 Å². The molecule has 0 bridgehead atoms. The predicted octanol–water partition coefficient (Wildman–Crippen LogP) is -0.881. The van der Waals surface area contributed by atoms with Gasteiger partial charge < -0.3 is 19.7 Å². The van der Waals surface area contributed by atoms with E-state index >= 15 is 0 Å². The minimum atomic E-state index is 0.591. The SMILES string of the molecule is CCOc1ccc2c(c1)[C@@H]([NH+]1CCOCC1)C[NH2+]C2. The average molecular weight is 264 g/mol. The monoisotopic (exact) mass is 264 g/mol. The first-order chi connectivity index (χ1) is 9.38. The molecule has 104 valence electrons. The van der Waals surface area contributed by atoms with Crippen molar-refractivity contribution in [1.29, 1.82) is 0 Å². The Kier molecular flexibility index (Phi) is 4.01. The van der Waals surface area contributed by atoms with Gasteiger partial charge in [0.2, 0.25) is 0 Å². The van der Waals surface area contributed by atoms with Crippen LogP contribution in [0.3, 0.4) is 0 Å². The highest BCUT2D eigenvalue weighted by Crippen LogP contribution is 2.23. The third kappa shape index (κ3) is 2.76. The Balaban J connectivity index is 1.86. The zero-order valence-corrected chi connectivity index (χ0v) is 11.7. The highest BCUT2D eigenvalue weighted by atomic mass is 16.5. The molecular formula is C15H24N2O2+2. The molecule has 0 aliphatic carbocycles. The summed E-state index contributed by atoms with van der Waals surface area (Å²) in [5.41, 5.74) is 2.96. The van der Waals surface area contributed by atoms with Crippen molar-refractivity contribution < 1.29 is 19.7 Å². The van der Waals surface area contributed by atoms with E-state index in [1.807, 2.05) is 6.92 Å². The number of rotatable bonds is 3. The number of quaternary nitrogens is 2. The molecule has 0 amide bonds. The van der Waals surface area contributed by atoms with Crippen LogP contribution in [0.4, 0.5) is 0 Å². The van der Waals surface area contributed by atoms with Crippen LogP contribution >= 0.6 is 0 Å². The molecule has 1 aromatic rings. The minimum absolute atomic E-state index is 0.591. The molecule has 3 N–H and O–H groups in total. The van der Waals surface area contributed by atoms with Crippen molar-refractivity contribution in [1.82, 2.24) is 0 Å². The van der Waals surface area contributed by atoms with Gasteiger partial charge in [0.25, 0.3) is 0 Å². The first kappa shape index (κ1) is 12.9. The van der Waals surface area contributed by atoms with E-state index in [2.05, 4.69) is 23.5 Å². The molecule has 0 saturated carbocycles. The summed E-state index contributed by atoms with van der Waals surface area (Å²) in [7, 11) is 0. The molecule has 0 spiro atoms. The average Bonchev–Trinajstić information content (AvgIpc) is 2.48. The molecule has 0 radical (unpaired) electrons. The molecule has 4 nitrogen and oxygen atoms in total. The quantitative estimate of drug-likeness (QED) is 0.744. The lowest BCUT2D eigenvalue weighted by Gasteiger charge is -2.33. The maximum atomic E-state index is 5.66. The van der Waals surface area contributed by atoms with E-state index in [4.69, 9.17) is 9.47 Å². The van der Waals surface area contributed by atoms with Gasteiger partial charge in [-0.2, -0.15) is 0 Å². The van der Waals surface area contributed by atoms with Crippen LogP contribution in [0, 0.1) is 0 Å². The van der Waals surface area contributed by atoms with Crippen molar-refractivity contribution >= 4 is 0 Å². The van der Waals surface area contributed by atoms with E-state index in [0.717, 1.165) is 45.2 Å². The van der Waals surface area contributed by atoms with E-state index in [9.17, 15) is 0 Å². The molecule has 4 heteroatoms. The smallest absolute Gasteiger partial charge is 0.163 e. The topological polar surface area (TPSA) is 39.5 Å². The Labute approximate surface area is 114 Å². The van der Waals surface area contributed by atoms with Crippen LogP contribution in [0.25, 0.3) is 0 Å². The fourth-order valence-corrected chi connectivity index (χ4v) is 3.24. The van der Waals surface area contributed by atoms with E-state index < -0.39 is 0 Å². The number of ether oxygens (including phenoxy) is 2. The molecular weight excluding hydrogens is 240 g/mol. The molecule has 19 heavy (non-hydrogen) atoms. The minimum Gasteiger partial charge on any atom is -0.494 e. The maximum Gasteiger partial charge on any atom is 0.163 e. The number of fused-ring (bicyclic) bond motifs is 1. The largest absolute Gasteiger partial charge is 0.494 e. The van der Waals surface area contributed by atoms with Crippen LogP contribution in [0.1, 0.15) is 24.1 Å². The van der Waals surface area contributed by atoms with Gasteiger partial charge in [-0.3, -0.25) is 0 Å². The fraction of sp³-hybridized carbons (Fsp3) is 0.600.